The third kappa shape index (κ3) is 4.15. The molecule has 0 radical (unpaired) electrons. The summed E-state index contributed by atoms with van der Waals surface area (Å²) in [5.74, 6) is -0.0438. The van der Waals surface area contributed by atoms with E-state index in [4.69, 9.17) is 0 Å². The van der Waals surface area contributed by atoms with Gasteiger partial charge in [0, 0.05) is 17.7 Å². The van der Waals surface area contributed by atoms with Gasteiger partial charge in [-0.2, -0.15) is 0 Å². The van der Waals surface area contributed by atoms with Gasteiger partial charge in [-0.1, -0.05) is 30.7 Å². The van der Waals surface area contributed by atoms with Crippen molar-refractivity contribution in [1.82, 2.24) is 9.71 Å². The summed E-state index contributed by atoms with van der Waals surface area (Å²) < 4.78 is 28.3. The number of aryl methyl sites for hydroxylation is 1. The maximum Gasteiger partial charge on any atom is 0.240 e. The summed E-state index contributed by atoms with van der Waals surface area (Å²) in [5, 5.41) is 0. The lowest BCUT2D eigenvalue weighted by Crippen LogP contribution is -2.36. The molecular weight excluding hydrogens is 364 g/mol. The number of sulfonamides is 1. The standard InChI is InChI=1S/C16H19BrN2O2S/c1-11-7-9-14(10-8-11)22(20,21)19-13(3)12(2)15-5-4-6-16(17)18-15/h4-10,12-13,19H,1-3H3/t12-,13+/m1/s1. The van der Waals surface area contributed by atoms with E-state index in [-0.39, 0.29) is 16.9 Å². The van der Waals surface area contributed by atoms with Gasteiger partial charge in [0.05, 0.1) is 4.90 Å². The van der Waals surface area contributed by atoms with E-state index in [1.807, 2.05) is 39.0 Å². The molecule has 1 N–H and O–H groups in total. The van der Waals surface area contributed by atoms with Crippen molar-refractivity contribution in [2.75, 3.05) is 0 Å². The molecule has 1 aromatic carbocycles. The molecule has 2 rings (SSSR count). The molecular formula is C16H19BrN2O2S. The average molecular weight is 383 g/mol. The lowest BCUT2D eigenvalue weighted by molar-refractivity contribution is 0.520. The number of pyridine rings is 1. The maximum absolute atomic E-state index is 12.4. The summed E-state index contributed by atoms with van der Waals surface area (Å²) in [6.45, 7) is 5.73. The quantitative estimate of drug-likeness (QED) is 0.803. The van der Waals surface area contributed by atoms with Gasteiger partial charge >= 0.3 is 0 Å². The molecule has 22 heavy (non-hydrogen) atoms. The van der Waals surface area contributed by atoms with Crippen LogP contribution >= 0.6 is 15.9 Å². The van der Waals surface area contributed by atoms with E-state index < -0.39 is 10.0 Å². The van der Waals surface area contributed by atoms with Gasteiger partial charge in [-0.25, -0.2) is 18.1 Å². The van der Waals surface area contributed by atoms with Crippen LogP contribution in [-0.4, -0.2) is 19.4 Å². The molecule has 6 heteroatoms. The Morgan fingerprint density at radius 2 is 1.73 bits per heavy atom. The van der Waals surface area contributed by atoms with Crippen molar-refractivity contribution in [3.8, 4) is 0 Å². The zero-order chi connectivity index (χ0) is 16.3. The summed E-state index contributed by atoms with van der Waals surface area (Å²) in [6.07, 6.45) is 0. The monoisotopic (exact) mass is 382 g/mol. The molecule has 4 nitrogen and oxygen atoms in total. The van der Waals surface area contributed by atoms with Crippen LogP contribution in [0.5, 0.6) is 0 Å². The molecule has 118 valence electrons. The Hall–Kier alpha value is -1.24. The first-order valence-corrected chi connectivity index (χ1v) is 9.28. The number of benzene rings is 1. The molecule has 1 aromatic heterocycles. The van der Waals surface area contributed by atoms with Crippen LogP contribution in [0.3, 0.4) is 0 Å². The van der Waals surface area contributed by atoms with Gasteiger partial charge in [-0.3, -0.25) is 0 Å². The minimum Gasteiger partial charge on any atom is -0.246 e. The highest BCUT2D eigenvalue weighted by atomic mass is 79.9. The smallest absolute Gasteiger partial charge is 0.240 e. The lowest BCUT2D eigenvalue weighted by Gasteiger charge is -2.21. The molecule has 2 aromatic rings. The summed E-state index contributed by atoms with van der Waals surface area (Å²) in [6, 6.07) is 12.2. The van der Waals surface area contributed by atoms with Crippen LogP contribution < -0.4 is 4.72 Å². The van der Waals surface area contributed by atoms with Gasteiger partial charge in [0.15, 0.2) is 0 Å². The topological polar surface area (TPSA) is 59.1 Å². The summed E-state index contributed by atoms with van der Waals surface area (Å²) in [5.41, 5.74) is 1.87. The third-order valence-corrected chi connectivity index (χ3v) is 5.64. The van der Waals surface area contributed by atoms with Crippen molar-refractivity contribution in [2.45, 2.75) is 37.6 Å². The number of rotatable bonds is 5. The summed E-state index contributed by atoms with van der Waals surface area (Å²) in [4.78, 5) is 4.67. The van der Waals surface area contributed by atoms with Crippen molar-refractivity contribution in [1.29, 1.82) is 0 Å². The number of aromatic nitrogens is 1. The highest BCUT2D eigenvalue weighted by Gasteiger charge is 2.22. The molecule has 0 saturated carbocycles. The largest absolute Gasteiger partial charge is 0.246 e. The molecule has 0 aliphatic carbocycles. The second-order valence-electron chi connectivity index (χ2n) is 5.40. The highest BCUT2D eigenvalue weighted by Crippen LogP contribution is 2.21. The fourth-order valence-corrected chi connectivity index (χ4v) is 3.75. The van der Waals surface area contributed by atoms with E-state index >= 15 is 0 Å². The van der Waals surface area contributed by atoms with E-state index in [1.165, 1.54) is 0 Å². The Morgan fingerprint density at radius 1 is 1.09 bits per heavy atom. The summed E-state index contributed by atoms with van der Waals surface area (Å²) >= 11 is 3.33. The van der Waals surface area contributed by atoms with E-state index in [1.54, 1.807) is 24.3 Å². The Morgan fingerprint density at radius 3 is 2.32 bits per heavy atom. The van der Waals surface area contributed by atoms with Crippen LogP contribution in [-0.2, 0) is 10.0 Å². The van der Waals surface area contributed by atoms with Crippen LogP contribution in [0, 0.1) is 6.92 Å². The van der Waals surface area contributed by atoms with Gasteiger partial charge < -0.3 is 0 Å². The molecule has 0 unspecified atom stereocenters. The molecule has 0 fully saturated rings. The number of nitrogens with one attached hydrogen (secondary N) is 1. The second kappa shape index (κ2) is 6.89. The van der Waals surface area contributed by atoms with E-state index in [0.29, 0.717) is 0 Å². The van der Waals surface area contributed by atoms with Gasteiger partial charge in [-0.15, -0.1) is 0 Å². The van der Waals surface area contributed by atoms with Crippen molar-refractivity contribution in [3.63, 3.8) is 0 Å². The minimum absolute atomic E-state index is 0.0438. The van der Waals surface area contributed by atoms with Crippen molar-refractivity contribution < 1.29 is 8.42 Å². The van der Waals surface area contributed by atoms with Gasteiger partial charge in [0.25, 0.3) is 0 Å². The second-order valence-corrected chi connectivity index (χ2v) is 7.92. The molecule has 0 aliphatic rings. The Bertz CT molecular complexity index is 745. The minimum atomic E-state index is -3.53. The van der Waals surface area contributed by atoms with E-state index in [2.05, 4.69) is 25.6 Å². The lowest BCUT2D eigenvalue weighted by atomic mass is 10.0. The predicted octanol–water partition coefficient (Wildman–Crippen LogP) is 3.62. The van der Waals surface area contributed by atoms with E-state index in [9.17, 15) is 8.42 Å². The van der Waals surface area contributed by atoms with Crippen molar-refractivity contribution in [2.24, 2.45) is 0 Å². The first kappa shape index (κ1) is 17.1. The fraction of sp³-hybridized carbons (Fsp3) is 0.312. The first-order valence-electron chi connectivity index (χ1n) is 7.01. The summed E-state index contributed by atoms with van der Waals surface area (Å²) in [7, 11) is -3.53. The molecule has 0 amide bonds. The van der Waals surface area contributed by atoms with Crippen LogP contribution in [0.1, 0.15) is 31.0 Å². The average Bonchev–Trinajstić information content (AvgIpc) is 2.46. The molecule has 0 aliphatic heterocycles. The maximum atomic E-state index is 12.4. The molecule has 2 atom stereocenters. The van der Waals surface area contributed by atoms with Crippen LogP contribution in [0.4, 0.5) is 0 Å². The van der Waals surface area contributed by atoms with E-state index in [0.717, 1.165) is 15.9 Å². The zero-order valence-electron chi connectivity index (χ0n) is 12.7. The van der Waals surface area contributed by atoms with Crippen LogP contribution in [0.2, 0.25) is 0 Å². The molecule has 0 saturated heterocycles. The normalized spacial score (nSPS) is 14.5. The SMILES string of the molecule is Cc1ccc(S(=O)(=O)N[C@@H](C)[C@@H](C)c2cccc(Br)n2)cc1. The van der Waals surface area contributed by atoms with Gasteiger partial charge in [0.1, 0.15) is 4.60 Å². The van der Waals surface area contributed by atoms with Crippen molar-refractivity contribution >= 4 is 26.0 Å². The number of nitrogens with zero attached hydrogens (tertiary/aromatic N) is 1. The van der Waals surface area contributed by atoms with Crippen LogP contribution in [0.25, 0.3) is 0 Å². The third-order valence-electron chi connectivity index (χ3n) is 3.63. The first-order chi connectivity index (χ1) is 10.3. The number of hydrogen-bond acceptors (Lipinski definition) is 3. The zero-order valence-corrected chi connectivity index (χ0v) is 15.1. The fourth-order valence-electron chi connectivity index (χ4n) is 2.07. The number of halogens is 1. The molecule has 0 bridgehead atoms. The highest BCUT2D eigenvalue weighted by molar-refractivity contribution is 9.10. The van der Waals surface area contributed by atoms with Gasteiger partial charge in [-0.05, 0) is 54.0 Å². The Labute approximate surface area is 140 Å². The van der Waals surface area contributed by atoms with Crippen molar-refractivity contribution in [3.05, 3.63) is 58.3 Å². The molecule has 1 heterocycles. The van der Waals surface area contributed by atoms with Crippen LogP contribution in [0.15, 0.2) is 52.0 Å². The van der Waals surface area contributed by atoms with Gasteiger partial charge in [0.2, 0.25) is 10.0 Å². The Kier molecular flexibility index (Phi) is 5.36. The number of hydrogen-bond donors (Lipinski definition) is 1. The predicted molar refractivity (Wildman–Crippen MR) is 91.3 cm³/mol. The Balaban J connectivity index is 2.16. The molecule has 0 spiro atoms.